The Bertz CT molecular complexity index is 1060. The third-order valence-electron chi connectivity index (χ3n) is 6.05. The van der Waals surface area contributed by atoms with E-state index in [1.54, 1.807) is 7.05 Å². The van der Waals surface area contributed by atoms with Gasteiger partial charge < -0.3 is 9.80 Å². The zero-order valence-electron chi connectivity index (χ0n) is 18.1. The molecule has 0 aromatic heterocycles. The van der Waals surface area contributed by atoms with E-state index in [9.17, 15) is 4.79 Å². The van der Waals surface area contributed by atoms with Crippen molar-refractivity contribution in [2.24, 2.45) is 0 Å². The van der Waals surface area contributed by atoms with E-state index in [2.05, 4.69) is 72.4 Å². The van der Waals surface area contributed by atoms with Gasteiger partial charge in [-0.15, -0.1) is 0 Å². The fourth-order valence-electron chi connectivity index (χ4n) is 4.45. The Morgan fingerprint density at radius 2 is 1.73 bits per heavy atom. The van der Waals surface area contributed by atoms with Gasteiger partial charge in [-0.3, -0.25) is 9.63 Å². The van der Waals surface area contributed by atoms with E-state index >= 15 is 0 Å². The second-order valence-corrected chi connectivity index (χ2v) is 7.99. The molecular weight excluding hydrogens is 374 g/mol. The van der Waals surface area contributed by atoms with Crippen LogP contribution < -0.4 is 9.80 Å². The van der Waals surface area contributed by atoms with Crippen LogP contribution in [0.1, 0.15) is 11.1 Å². The maximum atomic E-state index is 13.0. The van der Waals surface area contributed by atoms with Gasteiger partial charge >= 0.3 is 0 Å². The molecule has 0 radical (unpaired) electrons. The number of likely N-dealkylation sites (N-methyl/N-ethyl adjacent to an activating group) is 1. The van der Waals surface area contributed by atoms with Gasteiger partial charge in [-0.25, -0.2) is 5.06 Å². The molecule has 0 N–H and O–H groups in total. The normalized spacial score (nSPS) is 15.3. The fraction of sp³-hybridized carbons (Fsp3) is 0.320. The molecule has 5 heteroatoms. The second-order valence-electron chi connectivity index (χ2n) is 7.99. The molecule has 3 aromatic rings. The molecule has 1 aliphatic heterocycles. The highest BCUT2D eigenvalue weighted by Gasteiger charge is 2.35. The molecule has 1 heterocycles. The number of carbonyl (C=O) groups is 1. The van der Waals surface area contributed by atoms with Crippen LogP contribution in [0.2, 0.25) is 0 Å². The molecule has 0 fully saturated rings. The Labute approximate surface area is 178 Å². The van der Waals surface area contributed by atoms with Crippen molar-refractivity contribution in [3.05, 3.63) is 71.8 Å². The maximum absolute atomic E-state index is 13.0. The average Bonchev–Trinajstić information content (AvgIpc) is 3.14. The van der Waals surface area contributed by atoms with Crippen LogP contribution in [-0.4, -0.2) is 51.8 Å². The van der Waals surface area contributed by atoms with E-state index in [-0.39, 0.29) is 11.9 Å². The van der Waals surface area contributed by atoms with Crippen LogP contribution in [-0.2, 0) is 22.5 Å². The van der Waals surface area contributed by atoms with Gasteiger partial charge in [0.25, 0.3) is 5.91 Å². The molecule has 5 nitrogen and oxygen atoms in total. The minimum absolute atomic E-state index is 0.0125. The molecule has 1 amide bonds. The van der Waals surface area contributed by atoms with E-state index in [1.807, 2.05) is 12.1 Å². The lowest BCUT2D eigenvalue weighted by Gasteiger charge is -2.29. The van der Waals surface area contributed by atoms with Gasteiger partial charge in [0.2, 0.25) is 0 Å². The van der Waals surface area contributed by atoms with Crippen LogP contribution >= 0.6 is 0 Å². The summed E-state index contributed by atoms with van der Waals surface area (Å²) in [5, 5.41) is 3.87. The summed E-state index contributed by atoms with van der Waals surface area (Å²) in [6.45, 7) is 0.774. The van der Waals surface area contributed by atoms with E-state index in [0.717, 1.165) is 18.7 Å². The Morgan fingerprint density at radius 1 is 1.00 bits per heavy atom. The van der Waals surface area contributed by atoms with E-state index in [0.29, 0.717) is 6.42 Å². The lowest BCUT2D eigenvalue weighted by atomic mass is 10.00. The van der Waals surface area contributed by atoms with Crippen molar-refractivity contribution in [2.45, 2.75) is 18.9 Å². The summed E-state index contributed by atoms with van der Waals surface area (Å²) in [5.41, 5.74) is 4.88. The largest absolute Gasteiger partial charge is 0.377 e. The summed E-state index contributed by atoms with van der Waals surface area (Å²) in [6, 6.07) is 21.0. The van der Waals surface area contributed by atoms with Crippen molar-refractivity contribution >= 4 is 28.1 Å². The van der Waals surface area contributed by atoms with Crippen molar-refractivity contribution in [2.75, 3.05) is 44.6 Å². The van der Waals surface area contributed by atoms with Gasteiger partial charge in [0.05, 0.1) is 7.11 Å². The maximum Gasteiger partial charge on any atom is 0.268 e. The molecule has 0 bridgehead atoms. The smallest absolute Gasteiger partial charge is 0.268 e. The highest BCUT2D eigenvalue weighted by molar-refractivity contribution is 5.96. The van der Waals surface area contributed by atoms with Crippen molar-refractivity contribution < 1.29 is 9.63 Å². The number of para-hydroxylation sites is 1. The molecule has 1 unspecified atom stereocenters. The molecule has 1 atom stereocenters. The number of hydroxylamine groups is 2. The molecule has 0 aliphatic carbocycles. The molecule has 0 spiro atoms. The first-order chi connectivity index (χ1) is 14.5. The number of anilines is 2. The standard InChI is InChI=1S/C25H29N3O2/c1-26(2)23-14-8-11-20-18(10-7-12-21(20)23)15-16-28-22-13-6-5-9-19(22)17-24(28)25(29)27(3)30-4/h5-14,24H,15-17H2,1-4H3. The van der Waals surface area contributed by atoms with E-state index in [4.69, 9.17) is 4.84 Å². The van der Waals surface area contributed by atoms with Crippen LogP contribution in [0.15, 0.2) is 60.7 Å². The van der Waals surface area contributed by atoms with Gasteiger partial charge in [0.15, 0.2) is 0 Å². The van der Waals surface area contributed by atoms with Gasteiger partial charge in [0, 0.05) is 50.9 Å². The summed E-state index contributed by atoms with van der Waals surface area (Å²) in [5.74, 6) is -0.0125. The number of benzene rings is 3. The third kappa shape index (κ3) is 3.61. The minimum Gasteiger partial charge on any atom is -0.377 e. The van der Waals surface area contributed by atoms with Crippen molar-refractivity contribution in [3.8, 4) is 0 Å². The second kappa shape index (κ2) is 8.36. The number of fused-ring (bicyclic) bond motifs is 2. The Kier molecular flexibility index (Phi) is 5.64. The van der Waals surface area contributed by atoms with Gasteiger partial charge in [-0.05, 0) is 35.1 Å². The van der Waals surface area contributed by atoms with Gasteiger partial charge in [-0.2, -0.15) is 0 Å². The molecular formula is C25H29N3O2. The predicted molar refractivity (Wildman–Crippen MR) is 123 cm³/mol. The zero-order chi connectivity index (χ0) is 21.3. The zero-order valence-corrected chi connectivity index (χ0v) is 18.1. The summed E-state index contributed by atoms with van der Waals surface area (Å²) in [6.07, 6.45) is 1.58. The van der Waals surface area contributed by atoms with Crippen molar-refractivity contribution in [3.63, 3.8) is 0 Å². The molecule has 4 rings (SSSR count). The molecule has 3 aromatic carbocycles. The molecule has 0 saturated carbocycles. The van der Waals surface area contributed by atoms with Crippen molar-refractivity contribution in [1.82, 2.24) is 5.06 Å². The van der Waals surface area contributed by atoms with Crippen LogP contribution in [0.5, 0.6) is 0 Å². The Morgan fingerprint density at radius 3 is 2.50 bits per heavy atom. The average molecular weight is 404 g/mol. The first kappa shape index (κ1) is 20.2. The Balaban J connectivity index is 1.64. The lowest BCUT2D eigenvalue weighted by Crippen LogP contribution is -2.46. The number of carbonyl (C=O) groups excluding carboxylic acids is 1. The minimum atomic E-state index is -0.236. The van der Waals surface area contributed by atoms with Gasteiger partial charge in [0.1, 0.15) is 6.04 Å². The number of hydrogen-bond acceptors (Lipinski definition) is 4. The highest BCUT2D eigenvalue weighted by atomic mass is 16.7. The summed E-state index contributed by atoms with van der Waals surface area (Å²) in [4.78, 5) is 22.5. The lowest BCUT2D eigenvalue weighted by molar-refractivity contribution is -0.170. The third-order valence-corrected chi connectivity index (χ3v) is 6.05. The molecule has 156 valence electrons. The Hall–Kier alpha value is -3.05. The SMILES string of the molecule is CON(C)C(=O)C1Cc2ccccc2N1CCc1cccc2c(N(C)C)cccc12. The first-order valence-corrected chi connectivity index (χ1v) is 10.4. The monoisotopic (exact) mass is 403 g/mol. The summed E-state index contributed by atoms with van der Waals surface area (Å²) < 4.78 is 0. The molecule has 1 aliphatic rings. The van der Waals surface area contributed by atoms with Crippen LogP contribution in [0.25, 0.3) is 10.8 Å². The van der Waals surface area contributed by atoms with Gasteiger partial charge in [-0.1, -0.05) is 48.5 Å². The molecule has 0 saturated heterocycles. The predicted octanol–water partition coefficient (Wildman–Crippen LogP) is 3.90. The molecule has 30 heavy (non-hydrogen) atoms. The number of nitrogens with zero attached hydrogens (tertiary/aromatic N) is 3. The fourth-order valence-corrected chi connectivity index (χ4v) is 4.45. The number of amides is 1. The highest BCUT2D eigenvalue weighted by Crippen LogP contribution is 2.34. The first-order valence-electron chi connectivity index (χ1n) is 10.4. The number of rotatable bonds is 6. The van der Waals surface area contributed by atoms with Crippen LogP contribution in [0.3, 0.4) is 0 Å². The quantitative estimate of drug-likeness (QED) is 0.585. The summed E-state index contributed by atoms with van der Waals surface area (Å²) >= 11 is 0. The van der Waals surface area contributed by atoms with Crippen LogP contribution in [0, 0.1) is 0 Å². The summed E-state index contributed by atoms with van der Waals surface area (Å²) in [7, 11) is 7.36. The topological polar surface area (TPSA) is 36.0 Å². The van der Waals surface area contributed by atoms with E-state index in [1.165, 1.54) is 39.8 Å². The van der Waals surface area contributed by atoms with Crippen molar-refractivity contribution in [1.29, 1.82) is 0 Å². The number of hydrogen-bond donors (Lipinski definition) is 0. The van der Waals surface area contributed by atoms with E-state index < -0.39 is 0 Å². The van der Waals surface area contributed by atoms with Crippen LogP contribution in [0.4, 0.5) is 11.4 Å².